The van der Waals surface area contributed by atoms with Crippen molar-refractivity contribution in [2.75, 3.05) is 6.54 Å². The molecule has 2 heterocycles. The number of imidazole rings is 1. The molecule has 0 spiro atoms. The molecular formula is C11H16N4O3. The number of aryl methyl sites for hydroxylation is 1. The molecule has 0 aliphatic carbocycles. The van der Waals surface area contributed by atoms with Gasteiger partial charge in [0.25, 0.3) is 5.91 Å². The number of primary amides is 1. The second-order valence-corrected chi connectivity index (χ2v) is 4.39. The maximum Gasteiger partial charge on any atom is 0.260 e. The van der Waals surface area contributed by atoms with Gasteiger partial charge in [-0.1, -0.05) is 0 Å². The first-order valence-corrected chi connectivity index (χ1v) is 5.77. The van der Waals surface area contributed by atoms with E-state index in [2.05, 4.69) is 4.98 Å². The van der Waals surface area contributed by atoms with Crippen LogP contribution in [0, 0.1) is 0 Å². The van der Waals surface area contributed by atoms with Gasteiger partial charge in [0.1, 0.15) is 11.9 Å². The summed E-state index contributed by atoms with van der Waals surface area (Å²) in [6.45, 7) is 0.438. The number of carbonyl (C=O) groups is 2. The number of likely N-dealkylation sites (tertiary alicyclic amines) is 1. The fourth-order valence-electron chi connectivity index (χ4n) is 2.23. The Morgan fingerprint density at radius 1 is 1.61 bits per heavy atom. The Kier molecular flexibility index (Phi) is 3.33. The van der Waals surface area contributed by atoms with Crippen LogP contribution in [0.3, 0.4) is 0 Å². The van der Waals surface area contributed by atoms with Gasteiger partial charge >= 0.3 is 0 Å². The number of aromatic nitrogens is 2. The monoisotopic (exact) mass is 252 g/mol. The van der Waals surface area contributed by atoms with Gasteiger partial charge in [0.2, 0.25) is 5.91 Å². The Bertz CT molecular complexity index is 471. The van der Waals surface area contributed by atoms with Crippen LogP contribution in [0.5, 0.6) is 0 Å². The molecule has 98 valence electrons. The predicted molar refractivity (Wildman–Crippen MR) is 62.1 cm³/mol. The zero-order chi connectivity index (χ0) is 13.3. The van der Waals surface area contributed by atoms with E-state index in [1.54, 1.807) is 17.8 Å². The molecule has 1 aliphatic rings. The number of rotatable bonds is 3. The molecule has 7 nitrogen and oxygen atoms in total. The Hall–Kier alpha value is -1.89. The highest BCUT2D eigenvalue weighted by molar-refractivity contribution is 5.89. The van der Waals surface area contributed by atoms with Crippen LogP contribution < -0.4 is 5.73 Å². The molecule has 1 fully saturated rings. The molecule has 18 heavy (non-hydrogen) atoms. The van der Waals surface area contributed by atoms with E-state index in [-0.39, 0.29) is 5.82 Å². The number of hydrogen-bond donors (Lipinski definition) is 2. The van der Waals surface area contributed by atoms with Gasteiger partial charge in [-0.05, 0) is 12.8 Å². The van der Waals surface area contributed by atoms with Crippen molar-refractivity contribution in [3.8, 4) is 0 Å². The molecule has 2 rings (SSSR count). The molecule has 0 aromatic carbocycles. The van der Waals surface area contributed by atoms with Crippen LogP contribution in [-0.2, 0) is 16.6 Å². The van der Waals surface area contributed by atoms with E-state index >= 15 is 0 Å². The molecule has 1 aromatic rings. The highest BCUT2D eigenvalue weighted by Crippen LogP contribution is 2.22. The molecule has 2 amide bonds. The lowest BCUT2D eigenvalue weighted by Crippen LogP contribution is -2.45. The highest BCUT2D eigenvalue weighted by atomic mass is 16.3. The molecule has 2 atom stereocenters. The standard InChI is InChI=1S/C11H16N4O3/c1-14-6-4-13-10(14)8(16)11(18)15-5-2-3-7(15)9(12)17/h4,6-8,16H,2-3,5H2,1H3,(H2,12,17). The Morgan fingerprint density at radius 3 is 2.89 bits per heavy atom. The van der Waals surface area contributed by atoms with E-state index < -0.39 is 24.0 Å². The number of hydrogen-bond acceptors (Lipinski definition) is 4. The van der Waals surface area contributed by atoms with Crippen molar-refractivity contribution in [2.24, 2.45) is 12.8 Å². The van der Waals surface area contributed by atoms with Crippen molar-refractivity contribution in [2.45, 2.75) is 25.0 Å². The summed E-state index contributed by atoms with van der Waals surface area (Å²) >= 11 is 0. The van der Waals surface area contributed by atoms with Gasteiger partial charge in [0.15, 0.2) is 6.10 Å². The third-order valence-electron chi connectivity index (χ3n) is 3.20. The van der Waals surface area contributed by atoms with Crippen molar-refractivity contribution in [3.63, 3.8) is 0 Å². The van der Waals surface area contributed by atoms with Crippen molar-refractivity contribution in [3.05, 3.63) is 18.2 Å². The molecule has 0 radical (unpaired) electrons. The van der Waals surface area contributed by atoms with Gasteiger partial charge in [-0.2, -0.15) is 0 Å². The van der Waals surface area contributed by atoms with E-state index in [0.717, 1.165) is 0 Å². The highest BCUT2D eigenvalue weighted by Gasteiger charge is 2.36. The van der Waals surface area contributed by atoms with Gasteiger partial charge in [-0.25, -0.2) is 4.98 Å². The summed E-state index contributed by atoms with van der Waals surface area (Å²) in [5.41, 5.74) is 5.24. The van der Waals surface area contributed by atoms with Crippen LogP contribution in [0.25, 0.3) is 0 Å². The maximum atomic E-state index is 12.1. The first-order chi connectivity index (χ1) is 8.52. The molecule has 1 saturated heterocycles. The van der Waals surface area contributed by atoms with E-state index in [0.29, 0.717) is 19.4 Å². The van der Waals surface area contributed by atoms with Crippen LogP contribution in [0.1, 0.15) is 24.8 Å². The smallest absolute Gasteiger partial charge is 0.260 e. The van der Waals surface area contributed by atoms with Crippen LogP contribution in [-0.4, -0.2) is 44.0 Å². The van der Waals surface area contributed by atoms with Crippen molar-refractivity contribution in [1.82, 2.24) is 14.5 Å². The second kappa shape index (κ2) is 4.77. The zero-order valence-corrected chi connectivity index (χ0v) is 10.1. The minimum atomic E-state index is -1.36. The van der Waals surface area contributed by atoms with Gasteiger partial charge in [0.05, 0.1) is 0 Å². The number of aliphatic hydroxyl groups excluding tert-OH is 1. The summed E-state index contributed by atoms with van der Waals surface area (Å²) in [6.07, 6.45) is 3.05. The fraction of sp³-hybridized carbons (Fsp3) is 0.545. The van der Waals surface area contributed by atoms with Gasteiger partial charge in [0, 0.05) is 26.0 Å². The van der Waals surface area contributed by atoms with Gasteiger partial charge < -0.3 is 20.3 Å². The zero-order valence-electron chi connectivity index (χ0n) is 10.1. The Balaban J connectivity index is 2.16. The first kappa shape index (κ1) is 12.6. The van der Waals surface area contributed by atoms with Crippen LogP contribution in [0.4, 0.5) is 0 Å². The molecule has 2 unspecified atom stereocenters. The summed E-state index contributed by atoms with van der Waals surface area (Å²) in [7, 11) is 1.69. The predicted octanol–water partition coefficient (Wildman–Crippen LogP) is -1.07. The number of aliphatic hydroxyl groups is 1. The first-order valence-electron chi connectivity index (χ1n) is 5.77. The number of amides is 2. The quantitative estimate of drug-likeness (QED) is 0.715. The lowest BCUT2D eigenvalue weighted by atomic mass is 10.2. The lowest BCUT2D eigenvalue weighted by molar-refractivity contribution is -0.145. The summed E-state index contributed by atoms with van der Waals surface area (Å²) < 4.78 is 1.57. The lowest BCUT2D eigenvalue weighted by Gasteiger charge is -2.24. The molecule has 0 bridgehead atoms. The van der Waals surface area contributed by atoms with Crippen LogP contribution >= 0.6 is 0 Å². The molecule has 0 saturated carbocycles. The Morgan fingerprint density at radius 2 is 2.33 bits per heavy atom. The number of carbonyl (C=O) groups excluding carboxylic acids is 2. The summed E-state index contributed by atoms with van der Waals surface area (Å²) in [5.74, 6) is -0.798. The average molecular weight is 252 g/mol. The van der Waals surface area contributed by atoms with E-state index in [4.69, 9.17) is 5.73 Å². The average Bonchev–Trinajstić information content (AvgIpc) is 2.95. The topological polar surface area (TPSA) is 101 Å². The fourth-order valence-corrected chi connectivity index (χ4v) is 2.23. The molecular weight excluding hydrogens is 236 g/mol. The SMILES string of the molecule is Cn1ccnc1C(O)C(=O)N1CCCC1C(N)=O. The third-order valence-corrected chi connectivity index (χ3v) is 3.20. The third kappa shape index (κ3) is 2.08. The largest absolute Gasteiger partial charge is 0.376 e. The number of nitrogens with two attached hydrogens (primary N) is 1. The minimum absolute atomic E-state index is 0.259. The van der Waals surface area contributed by atoms with E-state index in [1.165, 1.54) is 11.1 Å². The van der Waals surface area contributed by atoms with E-state index in [1.807, 2.05) is 0 Å². The van der Waals surface area contributed by atoms with Gasteiger partial charge in [-0.15, -0.1) is 0 Å². The van der Waals surface area contributed by atoms with Crippen molar-refractivity contribution < 1.29 is 14.7 Å². The van der Waals surface area contributed by atoms with Crippen LogP contribution in [0.2, 0.25) is 0 Å². The Labute approximate surface area is 104 Å². The van der Waals surface area contributed by atoms with Crippen molar-refractivity contribution in [1.29, 1.82) is 0 Å². The second-order valence-electron chi connectivity index (χ2n) is 4.39. The minimum Gasteiger partial charge on any atom is -0.376 e. The summed E-state index contributed by atoms with van der Waals surface area (Å²) in [4.78, 5) is 28.6. The number of nitrogens with zero attached hydrogens (tertiary/aromatic N) is 3. The molecule has 1 aromatic heterocycles. The van der Waals surface area contributed by atoms with Crippen molar-refractivity contribution >= 4 is 11.8 Å². The molecule has 1 aliphatic heterocycles. The maximum absolute atomic E-state index is 12.1. The summed E-state index contributed by atoms with van der Waals surface area (Å²) in [5, 5.41) is 9.99. The van der Waals surface area contributed by atoms with Gasteiger partial charge in [-0.3, -0.25) is 9.59 Å². The summed E-state index contributed by atoms with van der Waals surface area (Å²) in [6, 6.07) is -0.618. The van der Waals surface area contributed by atoms with Crippen LogP contribution in [0.15, 0.2) is 12.4 Å². The molecule has 3 N–H and O–H groups in total. The molecule has 7 heteroatoms. The van der Waals surface area contributed by atoms with E-state index in [9.17, 15) is 14.7 Å². The normalized spacial score (nSPS) is 21.0.